The molecule has 0 bridgehead atoms. The van der Waals surface area contributed by atoms with Crippen LogP contribution in [0.5, 0.6) is 11.5 Å². The lowest BCUT2D eigenvalue weighted by Gasteiger charge is -2.10. The van der Waals surface area contributed by atoms with Crippen molar-refractivity contribution in [2.24, 2.45) is 5.73 Å². The summed E-state index contributed by atoms with van der Waals surface area (Å²) in [6.45, 7) is 1.18. The van der Waals surface area contributed by atoms with Crippen LogP contribution in [0, 0.1) is 5.82 Å². The minimum absolute atomic E-state index is 0.328. The topological polar surface area (TPSA) is 44.5 Å². The van der Waals surface area contributed by atoms with Crippen LogP contribution in [0.2, 0.25) is 0 Å². The first kappa shape index (κ1) is 14.8. The van der Waals surface area contributed by atoms with E-state index < -0.39 is 0 Å². The molecule has 0 aliphatic rings. The summed E-state index contributed by atoms with van der Waals surface area (Å²) in [7, 11) is 0. The quantitative estimate of drug-likeness (QED) is 0.819. The summed E-state index contributed by atoms with van der Waals surface area (Å²) in [5.41, 5.74) is 6.57. The van der Waals surface area contributed by atoms with Crippen LogP contribution >= 0.6 is 15.9 Å². The lowest BCUT2D eigenvalue weighted by atomic mass is 10.2. The van der Waals surface area contributed by atoms with E-state index in [1.165, 1.54) is 12.1 Å². The molecule has 5 heteroatoms. The van der Waals surface area contributed by atoms with Crippen molar-refractivity contribution in [1.82, 2.24) is 0 Å². The molecule has 0 aliphatic carbocycles. The molecule has 0 unspecified atom stereocenters. The van der Waals surface area contributed by atoms with Gasteiger partial charge >= 0.3 is 0 Å². The van der Waals surface area contributed by atoms with Crippen LogP contribution in [0.25, 0.3) is 0 Å². The average molecular weight is 340 g/mol. The highest BCUT2D eigenvalue weighted by Crippen LogP contribution is 2.25. The monoisotopic (exact) mass is 339 g/mol. The van der Waals surface area contributed by atoms with Gasteiger partial charge < -0.3 is 15.2 Å². The Morgan fingerprint density at radius 2 is 1.85 bits per heavy atom. The molecule has 0 saturated heterocycles. The molecule has 0 aliphatic heterocycles. The van der Waals surface area contributed by atoms with Gasteiger partial charge in [-0.3, -0.25) is 0 Å². The van der Waals surface area contributed by atoms with Crippen molar-refractivity contribution in [3.63, 3.8) is 0 Å². The van der Waals surface area contributed by atoms with Gasteiger partial charge in [0.05, 0.1) is 4.47 Å². The van der Waals surface area contributed by atoms with E-state index in [-0.39, 0.29) is 5.82 Å². The predicted octanol–water partition coefficient (Wildman–Crippen LogP) is 3.50. The number of nitrogens with two attached hydrogens (primary N) is 1. The second-order valence-corrected chi connectivity index (χ2v) is 4.98. The average Bonchev–Trinajstić information content (AvgIpc) is 2.47. The highest BCUT2D eigenvalue weighted by molar-refractivity contribution is 9.10. The van der Waals surface area contributed by atoms with Gasteiger partial charge in [-0.1, -0.05) is 12.1 Å². The van der Waals surface area contributed by atoms with Gasteiger partial charge in [0.15, 0.2) is 0 Å². The maximum absolute atomic E-state index is 13.1. The fourth-order valence-electron chi connectivity index (χ4n) is 1.66. The molecule has 0 amide bonds. The second-order valence-electron chi connectivity index (χ2n) is 4.12. The number of halogens is 2. The van der Waals surface area contributed by atoms with Crippen LogP contribution in [0.1, 0.15) is 5.56 Å². The first-order valence-electron chi connectivity index (χ1n) is 6.18. The summed E-state index contributed by atoms with van der Waals surface area (Å²) in [6.07, 6.45) is 0. The van der Waals surface area contributed by atoms with Crippen LogP contribution in [-0.2, 0) is 6.54 Å². The zero-order valence-electron chi connectivity index (χ0n) is 10.8. The van der Waals surface area contributed by atoms with Gasteiger partial charge in [0.2, 0.25) is 0 Å². The van der Waals surface area contributed by atoms with Gasteiger partial charge in [-0.05, 0) is 45.8 Å². The molecular formula is C15H15BrFNO2. The van der Waals surface area contributed by atoms with E-state index in [2.05, 4.69) is 15.9 Å². The molecule has 0 heterocycles. The zero-order valence-corrected chi connectivity index (χ0v) is 12.4. The number of hydrogen-bond acceptors (Lipinski definition) is 3. The minimum Gasteiger partial charge on any atom is -0.490 e. The number of hydrogen-bond donors (Lipinski definition) is 1. The van der Waals surface area contributed by atoms with Crippen molar-refractivity contribution in [1.29, 1.82) is 0 Å². The van der Waals surface area contributed by atoms with Crippen molar-refractivity contribution in [3.8, 4) is 11.5 Å². The Morgan fingerprint density at radius 3 is 2.65 bits per heavy atom. The molecule has 2 N–H and O–H groups in total. The number of benzene rings is 2. The molecule has 0 aromatic heterocycles. The van der Waals surface area contributed by atoms with Crippen molar-refractivity contribution in [2.75, 3.05) is 13.2 Å². The van der Waals surface area contributed by atoms with Gasteiger partial charge in [0, 0.05) is 12.6 Å². The molecular weight excluding hydrogens is 325 g/mol. The predicted molar refractivity (Wildman–Crippen MR) is 79.4 cm³/mol. The normalized spacial score (nSPS) is 10.3. The summed E-state index contributed by atoms with van der Waals surface area (Å²) in [6, 6.07) is 11.9. The molecule has 2 rings (SSSR count). The number of rotatable bonds is 6. The van der Waals surface area contributed by atoms with E-state index in [0.717, 1.165) is 11.3 Å². The van der Waals surface area contributed by atoms with Gasteiger partial charge in [0.25, 0.3) is 0 Å². The summed E-state index contributed by atoms with van der Waals surface area (Å²) in [5.74, 6) is 0.874. The van der Waals surface area contributed by atoms with Crippen molar-refractivity contribution in [2.45, 2.75) is 6.54 Å². The lowest BCUT2D eigenvalue weighted by molar-refractivity contribution is 0.215. The first-order chi connectivity index (χ1) is 9.69. The molecule has 0 radical (unpaired) electrons. The van der Waals surface area contributed by atoms with Crippen LogP contribution in [-0.4, -0.2) is 13.2 Å². The van der Waals surface area contributed by atoms with Gasteiger partial charge in [-0.2, -0.15) is 0 Å². The van der Waals surface area contributed by atoms with Crippen molar-refractivity contribution < 1.29 is 13.9 Å². The minimum atomic E-state index is -0.334. The Balaban J connectivity index is 1.82. The zero-order chi connectivity index (χ0) is 14.4. The van der Waals surface area contributed by atoms with Crippen molar-refractivity contribution in [3.05, 3.63) is 58.3 Å². The van der Waals surface area contributed by atoms with E-state index in [4.69, 9.17) is 15.2 Å². The molecule has 0 fully saturated rings. The molecule has 2 aromatic carbocycles. The Labute approximate surface area is 125 Å². The molecule has 0 atom stereocenters. The summed E-state index contributed by atoms with van der Waals surface area (Å²) in [5, 5.41) is 0. The highest BCUT2D eigenvalue weighted by atomic mass is 79.9. The Kier molecular flexibility index (Phi) is 5.38. The Morgan fingerprint density at radius 1 is 1.05 bits per heavy atom. The standard InChI is InChI=1S/C15H15BrFNO2/c16-14-5-4-12(17)9-15(14)20-7-6-19-13-3-1-2-11(8-13)10-18/h1-5,8-9H,6-7,10,18H2. The molecule has 3 nitrogen and oxygen atoms in total. The summed E-state index contributed by atoms with van der Waals surface area (Å²) < 4.78 is 24.8. The van der Waals surface area contributed by atoms with Crippen LogP contribution < -0.4 is 15.2 Å². The molecule has 20 heavy (non-hydrogen) atoms. The number of ether oxygens (including phenoxy) is 2. The Bertz CT molecular complexity index is 578. The lowest BCUT2D eigenvalue weighted by Crippen LogP contribution is -2.09. The van der Waals surface area contributed by atoms with E-state index in [1.54, 1.807) is 6.07 Å². The van der Waals surface area contributed by atoms with Gasteiger partial charge in [0.1, 0.15) is 30.5 Å². The van der Waals surface area contributed by atoms with Crippen molar-refractivity contribution >= 4 is 15.9 Å². The van der Waals surface area contributed by atoms with E-state index in [1.807, 2.05) is 24.3 Å². The maximum atomic E-state index is 13.1. The van der Waals surface area contributed by atoms with Gasteiger partial charge in [-0.25, -0.2) is 4.39 Å². The highest BCUT2D eigenvalue weighted by Gasteiger charge is 2.03. The molecule has 2 aromatic rings. The Hall–Kier alpha value is -1.59. The summed E-state index contributed by atoms with van der Waals surface area (Å²) in [4.78, 5) is 0. The third-order valence-electron chi connectivity index (χ3n) is 2.64. The molecule has 0 saturated carbocycles. The second kappa shape index (κ2) is 7.26. The van der Waals surface area contributed by atoms with Gasteiger partial charge in [-0.15, -0.1) is 0 Å². The fraction of sp³-hybridized carbons (Fsp3) is 0.200. The van der Waals surface area contributed by atoms with E-state index in [0.29, 0.717) is 30.0 Å². The largest absolute Gasteiger partial charge is 0.490 e. The van der Waals surface area contributed by atoms with Crippen LogP contribution in [0.3, 0.4) is 0 Å². The first-order valence-corrected chi connectivity index (χ1v) is 6.98. The smallest absolute Gasteiger partial charge is 0.136 e. The SMILES string of the molecule is NCc1cccc(OCCOc2cc(F)ccc2Br)c1. The van der Waals surface area contributed by atoms with Crippen LogP contribution in [0.4, 0.5) is 4.39 Å². The maximum Gasteiger partial charge on any atom is 0.136 e. The third-order valence-corrected chi connectivity index (χ3v) is 3.29. The fourth-order valence-corrected chi connectivity index (χ4v) is 2.02. The summed E-state index contributed by atoms with van der Waals surface area (Å²) >= 11 is 3.30. The van der Waals surface area contributed by atoms with E-state index >= 15 is 0 Å². The van der Waals surface area contributed by atoms with E-state index in [9.17, 15) is 4.39 Å². The molecule has 0 spiro atoms. The molecule has 106 valence electrons. The van der Waals surface area contributed by atoms with Crippen LogP contribution in [0.15, 0.2) is 46.9 Å². The third kappa shape index (κ3) is 4.21.